The lowest BCUT2D eigenvalue weighted by Crippen LogP contribution is -2.32. The van der Waals surface area contributed by atoms with Crippen LogP contribution in [0.15, 0.2) is 106 Å². The Balaban J connectivity index is 1.35. The van der Waals surface area contributed by atoms with Crippen LogP contribution in [0.1, 0.15) is 35.5 Å². The zero-order valence-electron chi connectivity index (χ0n) is 19.8. The Bertz CT molecular complexity index is 1330. The lowest BCUT2D eigenvalue weighted by molar-refractivity contribution is -0.116. The molecule has 0 bridgehead atoms. The largest absolute Gasteiger partial charge is 0.452 e. The first-order valence-electron chi connectivity index (χ1n) is 11.7. The molecule has 3 heterocycles. The van der Waals surface area contributed by atoms with E-state index in [2.05, 4.69) is 27.8 Å². The van der Waals surface area contributed by atoms with Crippen molar-refractivity contribution < 1.29 is 9.21 Å². The molecule has 6 nitrogen and oxygen atoms in total. The molecule has 2 atom stereocenters. The van der Waals surface area contributed by atoms with Gasteiger partial charge in [0.15, 0.2) is 10.2 Å². The molecule has 8 heteroatoms. The number of furan rings is 1. The molecule has 4 aromatic rings. The second-order valence-corrected chi connectivity index (χ2v) is 10.0. The Hall–Kier alpha value is -3.62. The first-order chi connectivity index (χ1) is 17.6. The van der Waals surface area contributed by atoms with E-state index in [9.17, 15) is 4.79 Å². The maximum absolute atomic E-state index is 12.7. The molecule has 0 radical (unpaired) electrons. The second kappa shape index (κ2) is 11.0. The number of hydrogen-bond acceptors (Lipinski definition) is 5. The number of nitrogens with zero attached hydrogens (tertiary/aromatic N) is 2. The molecule has 1 amide bonds. The maximum Gasteiger partial charge on any atom is 0.226 e. The fourth-order valence-electron chi connectivity index (χ4n) is 4.19. The highest BCUT2D eigenvalue weighted by atomic mass is 32.2. The Kier molecular flexibility index (Phi) is 7.34. The average Bonchev–Trinajstić information content (AvgIpc) is 3.49. The van der Waals surface area contributed by atoms with Crippen molar-refractivity contribution in [1.29, 1.82) is 0 Å². The Morgan fingerprint density at radius 2 is 1.83 bits per heavy atom. The number of amides is 1. The van der Waals surface area contributed by atoms with Crippen LogP contribution in [-0.2, 0) is 4.79 Å². The molecule has 2 aromatic heterocycles. The normalized spacial score (nSPS) is 17.1. The van der Waals surface area contributed by atoms with Crippen molar-refractivity contribution >= 4 is 40.7 Å². The van der Waals surface area contributed by atoms with Crippen molar-refractivity contribution in [2.24, 2.45) is 0 Å². The topological polar surface area (TPSA) is 70.4 Å². The number of thiocarbonyl (C=S) groups is 1. The maximum atomic E-state index is 12.7. The molecule has 0 aliphatic carbocycles. The van der Waals surface area contributed by atoms with Crippen LogP contribution in [0.25, 0.3) is 0 Å². The number of hydrogen-bond donors (Lipinski definition) is 2. The van der Waals surface area contributed by atoms with E-state index in [1.807, 2.05) is 84.6 Å². The van der Waals surface area contributed by atoms with Gasteiger partial charge in [-0.2, -0.15) is 0 Å². The van der Waals surface area contributed by atoms with E-state index in [4.69, 9.17) is 16.6 Å². The molecule has 2 N–H and O–H groups in total. The molecule has 2 aromatic carbocycles. The van der Waals surface area contributed by atoms with Gasteiger partial charge in [-0.3, -0.25) is 9.78 Å². The third kappa shape index (κ3) is 5.61. The molecule has 1 aliphatic rings. The van der Waals surface area contributed by atoms with E-state index in [0.717, 1.165) is 32.7 Å². The molecule has 1 aliphatic heterocycles. The molecular weight excluding hydrogens is 488 g/mol. The number of carbonyl (C=O) groups excluding carboxylic acids is 1. The van der Waals surface area contributed by atoms with Gasteiger partial charge >= 0.3 is 0 Å². The predicted molar refractivity (Wildman–Crippen MR) is 146 cm³/mol. The van der Waals surface area contributed by atoms with Gasteiger partial charge in [-0.25, -0.2) is 0 Å². The van der Waals surface area contributed by atoms with Gasteiger partial charge in [-0.05, 0) is 67.7 Å². The van der Waals surface area contributed by atoms with E-state index in [0.29, 0.717) is 11.7 Å². The SMILES string of the molecule is Cc1ccc(NC(=O)CCN2C(=S)N[C@@H](c3ccccn3)[C@H]2c2ccc(Sc3ccccc3)o2)cc1. The van der Waals surface area contributed by atoms with Gasteiger partial charge < -0.3 is 20.0 Å². The van der Waals surface area contributed by atoms with Crippen molar-refractivity contribution in [3.63, 3.8) is 0 Å². The summed E-state index contributed by atoms with van der Waals surface area (Å²) in [6, 6.07) is 27.2. The summed E-state index contributed by atoms with van der Waals surface area (Å²) in [5.41, 5.74) is 2.79. The first-order valence-corrected chi connectivity index (χ1v) is 13.0. The van der Waals surface area contributed by atoms with Crippen molar-refractivity contribution in [2.75, 3.05) is 11.9 Å². The summed E-state index contributed by atoms with van der Waals surface area (Å²) in [5, 5.41) is 7.75. The van der Waals surface area contributed by atoms with Crippen LogP contribution in [-0.4, -0.2) is 27.4 Å². The molecular formula is C28H26N4O2S2. The summed E-state index contributed by atoms with van der Waals surface area (Å²) >= 11 is 7.28. The molecule has 182 valence electrons. The van der Waals surface area contributed by atoms with Crippen LogP contribution in [0, 0.1) is 6.92 Å². The standard InChI is InChI=1S/C28H26N4O2S2/c1-19-10-12-20(13-11-19)30-24(33)16-18-32-27(26(31-28(32)35)22-9-5-6-17-29-22)23-14-15-25(34-23)36-21-7-3-2-4-8-21/h2-15,17,26-27H,16,18H2,1H3,(H,30,33)(H,31,35)/t26-,27+/m0/s1. The summed E-state index contributed by atoms with van der Waals surface area (Å²) in [5.74, 6) is 0.705. The summed E-state index contributed by atoms with van der Waals surface area (Å²) < 4.78 is 6.31. The highest BCUT2D eigenvalue weighted by Gasteiger charge is 2.41. The summed E-state index contributed by atoms with van der Waals surface area (Å²) in [7, 11) is 0. The lowest BCUT2D eigenvalue weighted by Gasteiger charge is -2.25. The molecule has 0 unspecified atom stereocenters. The van der Waals surface area contributed by atoms with Crippen LogP contribution >= 0.6 is 24.0 Å². The van der Waals surface area contributed by atoms with E-state index in [-0.39, 0.29) is 24.4 Å². The molecule has 1 saturated heterocycles. The summed E-state index contributed by atoms with van der Waals surface area (Å²) in [6.07, 6.45) is 2.06. The summed E-state index contributed by atoms with van der Waals surface area (Å²) in [6.45, 7) is 2.46. The van der Waals surface area contributed by atoms with Crippen molar-refractivity contribution in [1.82, 2.24) is 15.2 Å². The van der Waals surface area contributed by atoms with Gasteiger partial charge in [0, 0.05) is 29.7 Å². The minimum atomic E-state index is -0.232. The third-order valence-electron chi connectivity index (χ3n) is 5.97. The van der Waals surface area contributed by atoms with E-state index < -0.39 is 0 Å². The van der Waals surface area contributed by atoms with Crippen molar-refractivity contribution in [2.45, 2.75) is 35.4 Å². The molecule has 0 spiro atoms. The number of carbonyl (C=O) groups is 1. The third-order valence-corrected chi connectivity index (χ3v) is 7.25. The Morgan fingerprint density at radius 1 is 1.06 bits per heavy atom. The van der Waals surface area contributed by atoms with Crippen LogP contribution in [0.2, 0.25) is 0 Å². The van der Waals surface area contributed by atoms with E-state index in [1.54, 1.807) is 18.0 Å². The zero-order chi connectivity index (χ0) is 24.9. The smallest absolute Gasteiger partial charge is 0.226 e. The minimum Gasteiger partial charge on any atom is -0.452 e. The number of rotatable bonds is 8. The number of aromatic nitrogens is 1. The molecule has 36 heavy (non-hydrogen) atoms. The van der Waals surface area contributed by atoms with Crippen LogP contribution in [0.4, 0.5) is 5.69 Å². The highest BCUT2D eigenvalue weighted by molar-refractivity contribution is 7.99. The lowest BCUT2D eigenvalue weighted by atomic mass is 10.0. The van der Waals surface area contributed by atoms with Gasteiger partial charge in [0.05, 0.1) is 11.7 Å². The Morgan fingerprint density at radius 3 is 2.58 bits per heavy atom. The fraction of sp³-hybridized carbons (Fsp3) is 0.179. The van der Waals surface area contributed by atoms with E-state index >= 15 is 0 Å². The van der Waals surface area contributed by atoms with Gasteiger partial charge in [-0.15, -0.1) is 0 Å². The fourth-order valence-corrected chi connectivity index (χ4v) is 5.32. The molecule has 0 saturated carbocycles. The van der Waals surface area contributed by atoms with Gasteiger partial charge in [0.1, 0.15) is 11.8 Å². The molecule has 5 rings (SSSR count). The van der Waals surface area contributed by atoms with Crippen LogP contribution in [0.3, 0.4) is 0 Å². The van der Waals surface area contributed by atoms with Gasteiger partial charge in [-0.1, -0.05) is 53.7 Å². The van der Waals surface area contributed by atoms with Crippen LogP contribution in [0.5, 0.6) is 0 Å². The van der Waals surface area contributed by atoms with Crippen molar-refractivity contribution in [3.05, 3.63) is 108 Å². The number of anilines is 1. The first kappa shape index (κ1) is 24.1. The van der Waals surface area contributed by atoms with E-state index in [1.165, 1.54) is 0 Å². The number of benzene rings is 2. The monoisotopic (exact) mass is 514 g/mol. The van der Waals surface area contributed by atoms with Crippen molar-refractivity contribution in [3.8, 4) is 0 Å². The second-order valence-electron chi connectivity index (χ2n) is 8.56. The number of nitrogens with one attached hydrogen (secondary N) is 2. The van der Waals surface area contributed by atoms with Gasteiger partial charge in [0.25, 0.3) is 0 Å². The number of pyridine rings is 1. The average molecular weight is 515 g/mol. The zero-order valence-corrected chi connectivity index (χ0v) is 21.4. The Labute approximate surface area is 220 Å². The van der Waals surface area contributed by atoms with Crippen LogP contribution < -0.4 is 10.6 Å². The summed E-state index contributed by atoms with van der Waals surface area (Å²) in [4.78, 5) is 20.4. The predicted octanol–water partition coefficient (Wildman–Crippen LogP) is 6.14. The molecule has 1 fully saturated rings. The van der Waals surface area contributed by atoms with Gasteiger partial charge in [0.2, 0.25) is 5.91 Å². The number of aryl methyl sites for hydroxylation is 1. The minimum absolute atomic E-state index is 0.0681. The highest BCUT2D eigenvalue weighted by Crippen LogP contribution is 2.41. The quantitative estimate of drug-likeness (QED) is 0.274.